The highest BCUT2D eigenvalue weighted by Crippen LogP contribution is 2.25. The molecular formula is C37H47N7O3. The maximum absolute atomic E-state index is 14.1. The van der Waals surface area contributed by atoms with Crippen molar-refractivity contribution in [3.8, 4) is 0 Å². The molecule has 47 heavy (non-hydrogen) atoms. The number of fused-ring (bicyclic) bond motifs is 1. The highest BCUT2D eigenvalue weighted by Gasteiger charge is 2.34. The van der Waals surface area contributed by atoms with Gasteiger partial charge in [0.1, 0.15) is 6.04 Å². The number of aryl methyl sites for hydroxylation is 2. The van der Waals surface area contributed by atoms with Gasteiger partial charge < -0.3 is 30.2 Å². The van der Waals surface area contributed by atoms with Crippen LogP contribution in [0.1, 0.15) is 48.9 Å². The van der Waals surface area contributed by atoms with Crippen molar-refractivity contribution in [3.63, 3.8) is 0 Å². The molecule has 6 rings (SSSR count). The number of urea groups is 2. The number of nitrogens with one attached hydrogen (secondary N) is 2. The topological polar surface area (TPSA) is 101 Å². The van der Waals surface area contributed by atoms with Gasteiger partial charge in [-0.15, -0.1) is 0 Å². The van der Waals surface area contributed by atoms with Gasteiger partial charge in [0, 0.05) is 82.0 Å². The van der Waals surface area contributed by atoms with Crippen LogP contribution >= 0.6 is 0 Å². The molecule has 3 aromatic rings. The normalized spacial score (nSPS) is 17.9. The Morgan fingerprint density at radius 2 is 1.60 bits per heavy atom. The first-order valence-corrected chi connectivity index (χ1v) is 17.2. The van der Waals surface area contributed by atoms with E-state index in [0.717, 1.165) is 54.9 Å². The van der Waals surface area contributed by atoms with Crippen LogP contribution in [0.25, 0.3) is 0 Å². The lowest BCUT2D eigenvalue weighted by Crippen LogP contribution is -2.58. The number of rotatable bonds is 8. The molecule has 10 heteroatoms. The number of pyridine rings is 1. The fraction of sp³-hybridized carbons (Fsp3) is 0.459. The Morgan fingerprint density at radius 3 is 2.32 bits per heavy atom. The molecule has 0 radical (unpaired) electrons. The number of piperidine rings is 1. The van der Waals surface area contributed by atoms with Gasteiger partial charge in [-0.3, -0.25) is 9.78 Å². The van der Waals surface area contributed by atoms with Crippen molar-refractivity contribution < 1.29 is 14.4 Å². The Labute approximate surface area is 278 Å². The number of anilines is 2. The van der Waals surface area contributed by atoms with E-state index in [-0.39, 0.29) is 24.0 Å². The lowest BCUT2D eigenvalue weighted by molar-refractivity contribution is -0.133. The van der Waals surface area contributed by atoms with Crippen LogP contribution in [-0.2, 0) is 30.5 Å². The summed E-state index contributed by atoms with van der Waals surface area (Å²) in [6.07, 6.45) is 8.11. The molecule has 2 saturated heterocycles. The summed E-state index contributed by atoms with van der Waals surface area (Å²) < 4.78 is 0. The highest BCUT2D eigenvalue weighted by molar-refractivity contribution is 5.91. The average Bonchev–Trinajstić information content (AvgIpc) is 3.29. The fourth-order valence-electron chi connectivity index (χ4n) is 7.24. The van der Waals surface area contributed by atoms with E-state index in [1.807, 2.05) is 40.1 Å². The van der Waals surface area contributed by atoms with Gasteiger partial charge in [0.05, 0.1) is 0 Å². The maximum Gasteiger partial charge on any atom is 0.322 e. The van der Waals surface area contributed by atoms with Crippen molar-refractivity contribution in [2.24, 2.45) is 0 Å². The predicted molar refractivity (Wildman–Crippen MR) is 185 cm³/mol. The summed E-state index contributed by atoms with van der Waals surface area (Å²) in [7, 11) is 0. The number of carbonyl (C=O) groups is 3. The molecule has 2 aromatic carbocycles. The molecule has 0 saturated carbocycles. The summed E-state index contributed by atoms with van der Waals surface area (Å²) in [5.74, 6) is -0.0407. The van der Waals surface area contributed by atoms with Crippen LogP contribution in [0.2, 0.25) is 0 Å². The summed E-state index contributed by atoms with van der Waals surface area (Å²) in [5.41, 5.74) is 6.79. The molecular weight excluding hydrogens is 590 g/mol. The Morgan fingerprint density at radius 1 is 0.872 bits per heavy atom. The zero-order valence-corrected chi connectivity index (χ0v) is 27.7. The molecule has 1 unspecified atom stereocenters. The number of hydrogen-bond acceptors (Lipinski definition) is 5. The Balaban J connectivity index is 1.10. The van der Waals surface area contributed by atoms with Gasteiger partial charge in [-0.05, 0) is 72.6 Å². The third-order valence-corrected chi connectivity index (χ3v) is 10.0. The van der Waals surface area contributed by atoms with Crippen LogP contribution in [0.5, 0.6) is 0 Å². The molecule has 3 aliphatic heterocycles. The van der Waals surface area contributed by atoms with Crippen LogP contribution in [0.15, 0.2) is 67.0 Å². The van der Waals surface area contributed by atoms with Crippen molar-refractivity contribution in [1.29, 1.82) is 0 Å². The highest BCUT2D eigenvalue weighted by atomic mass is 16.2. The summed E-state index contributed by atoms with van der Waals surface area (Å²) in [6, 6.07) is 17.5. The second-order valence-corrected chi connectivity index (χ2v) is 12.8. The summed E-state index contributed by atoms with van der Waals surface area (Å²) in [6.45, 7) is 8.67. The van der Waals surface area contributed by atoms with E-state index in [0.29, 0.717) is 52.0 Å². The van der Waals surface area contributed by atoms with Gasteiger partial charge >= 0.3 is 12.1 Å². The molecule has 5 amide bonds. The monoisotopic (exact) mass is 637 g/mol. The molecule has 3 aliphatic rings. The minimum absolute atomic E-state index is 0.0407. The van der Waals surface area contributed by atoms with E-state index in [2.05, 4.69) is 58.6 Å². The van der Waals surface area contributed by atoms with Crippen molar-refractivity contribution in [2.75, 3.05) is 56.0 Å². The number of amides is 5. The summed E-state index contributed by atoms with van der Waals surface area (Å²) >= 11 is 0. The molecule has 1 atom stereocenters. The lowest BCUT2D eigenvalue weighted by atomic mass is 9.96. The van der Waals surface area contributed by atoms with E-state index >= 15 is 0 Å². The van der Waals surface area contributed by atoms with Crippen LogP contribution in [-0.4, -0.2) is 95.6 Å². The molecule has 0 spiro atoms. The van der Waals surface area contributed by atoms with E-state index < -0.39 is 6.04 Å². The molecule has 10 nitrogen and oxygen atoms in total. The van der Waals surface area contributed by atoms with Gasteiger partial charge in [0.2, 0.25) is 5.91 Å². The van der Waals surface area contributed by atoms with Crippen LogP contribution in [0.3, 0.4) is 0 Å². The van der Waals surface area contributed by atoms with Crippen LogP contribution < -0.4 is 15.5 Å². The minimum atomic E-state index is -0.667. The van der Waals surface area contributed by atoms with E-state index in [1.165, 1.54) is 11.1 Å². The molecule has 0 bridgehead atoms. The zero-order valence-electron chi connectivity index (χ0n) is 27.7. The third-order valence-electron chi connectivity index (χ3n) is 10.0. The minimum Gasteiger partial charge on any atom is -0.368 e. The van der Waals surface area contributed by atoms with E-state index in [4.69, 9.17) is 0 Å². The second kappa shape index (κ2) is 14.9. The van der Waals surface area contributed by atoms with E-state index in [1.54, 1.807) is 17.3 Å². The zero-order chi connectivity index (χ0) is 32.8. The first-order valence-electron chi connectivity index (χ1n) is 17.2. The Hall–Kier alpha value is -4.60. The molecule has 2 N–H and O–H groups in total. The maximum atomic E-state index is 14.1. The van der Waals surface area contributed by atoms with Crippen molar-refractivity contribution in [1.82, 2.24) is 25.0 Å². The van der Waals surface area contributed by atoms with Gasteiger partial charge in [-0.25, -0.2) is 9.59 Å². The molecule has 4 heterocycles. The smallest absolute Gasteiger partial charge is 0.322 e. The van der Waals surface area contributed by atoms with Crippen molar-refractivity contribution in [3.05, 3.63) is 89.2 Å². The van der Waals surface area contributed by atoms with Gasteiger partial charge in [0.25, 0.3) is 0 Å². The molecule has 248 valence electrons. The number of para-hydroxylation sites is 1. The SMILES string of the molecule is CCc1ccc(CC(NC(=O)N2CCC(N3CCc4ccccc4NC3=O)CC2)C(=O)N2CCN(c3ccncc3)CC2)cc1CC. The number of nitrogens with zero attached hydrogens (tertiary/aromatic N) is 5. The quantitative estimate of drug-likeness (QED) is 0.372. The predicted octanol–water partition coefficient (Wildman–Crippen LogP) is 4.73. The average molecular weight is 638 g/mol. The van der Waals surface area contributed by atoms with Crippen LogP contribution in [0.4, 0.5) is 21.0 Å². The lowest BCUT2D eigenvalue weighted by Gasteiger charge is -2.39. The number of carbonyl (C=O) groups excluding carboxylic acids is 3. The Bertz CT molecular complexity index is 1550. The molecule has 0 aliphatic carbocycles. The molecule has 1 aromatic heterocycles. The third kappa shape index (κ3) is 7.53. The number of aromatic nitrogens is 1. The van der Waals surface area contributed by atoms with Crippen molar-refractivity contribution in [2.45, 2.75) is 64.5 Å². The van der Waals surface area contributed by atoms with E-state index in [9.17, 15) is 14.4 Å². The standard InChI is InChI=1S/C37H47N7O3/c1-3-28-10-9-27(25-29(28)4-2)26-34(35(45)42-23-21-41(22-24-42)31-11-16-38-17-12-31)40-36(46)43-18-14-32(15-19-43)44-20-13-30-7-5-6-8-33(30)39-37(44)47/h5-12,16-17,25,32,34H,3-4,13-15,18-24,26H2,1-2H3,(H,39,47)(H,40,46). The second-order valence-electron chi connectivity index (χ2n) is 12.8. The summed E-state index contributed by atoms with van der Waals surface area (Å²) in [4.78, 5) is 52.9. The molecule has 2 fully saturated rings. The van der Waals surface area contributed by atoms with Gasteiger partial charge in [0.15, 0.2) is 0 Å². The largest absolute Gasteiger partial charge is 0.368 e. The number of benzene rings is 2. The fourth-order valence-corrected chi connectivity index (χ4v) is 7.24. The number of piperazine rings is 1. The summed E-state index contributed by atoms with van der Waals surface area (Å²) in [5, 5.41) is 6.22. The first-order chi connectivity index (χ1) is 22.9. The first kappa shape index (κ1) is 32.3. The number of likely N-dealkylation sites (tertiary alicyclic amines) is 1. The van der Waals surface area contributed by atoms with Crippen molar-refractivity contribution >= 4 is 29.3 Å². The Kier molecular flexibility index (Phi) is 10.2. The number of hydrogen-bond donors (Lipinski definition) is 2. The van der Waals surface area contributed by atoms with Gasteiger partial charge in [-0.1, -0.05) is 50.2 Å². The van der Waals surface area contributed by atoms with Gasteiger partial charge in [-0.2, -0.15) is 0 Å². The van der Waals surface area contributed by atoms with Crippen LogP contribution in [0, 0.1) is 0 Å².